The molecule has 0 spiro atoms. The molecule has 0 aliphatic heterocycles. The molecule has 0 bridgehead atoms. The summed E-state index contributed by atoms with van der Waals surface area (Å²) in [6, 6.07) is 12.3. The molecule has 0 aliphatic carbocycles. The Balaban J connectivity index is 2.09. The van der Waals surface area contributed by atoms with E-state index >= 15 is 0 Å². The minimum Gasteiger partial charge on any atom is -0.505 e. The smallest absolute Gasteiger partial charge is 0.238 e. The van der Waals surface area contributed by atoms with E-state index in [1.54, 1.807) is 18.2 Å². The highest BCUT2D eigenvalue weighted by molar-refractivity contribution is 6.37. The summed E-state index contributed by atoms with van der Waals surface area (Å²) in [6.45, 7) is 0. The number of nitrogens with zero attached hydrogens (tertiary/aromatic N) is 2. The maximum atomic E-state index is 9.55. The SMILES string of the molecule is N#C/C(=C\c1cc(Cl)c(O)c(Cl)c1)c1nc2ccccc2o1. The van der Waals surface area contributed by atoms with Crippen molar-refractivity contribution in [2.75, 3.05) is 0 Å². The lowest BCUT2D eigenvalue weighted by molar-refractivity contribution is 0.476. The van der Waals surface area contributed by atoms with E-state index in [0.717, 1.165) is 0 Å². The Bertz CT molecular complexity index is 883. The van der Waals surface area contributed by atoms with Gasteiger partial charge in [-0.05, 0) is 35.9 Å². The van der Waals surface area contributed by atoms with E-state index < -0.39 is 0 Å². The number of phenols is 1. The van der Waals surface area contributed by atoms with Crippen molar-refractivity contribution in [2.45, 2.75) is 0 Å². The van der Waals surface area contributed by atoms with Gasteiger partial charge in [-0.25, -0.2) is 4.98 Å². The van der Waals surface area contributed by atoms with Gasteiger partial charge in [0, 0.05) is 0 Å². The molecule has 0 amide bonds. The molecule has 0 atom stereocenters. The van der Waals surface area contributed by atoms with Gasteiger partial charge in [0.05, 0.1) is 10.0 Å². The average Bonchev–Trinajstić information content (AvgIpc) is 2.93. The summed E-state index contributed by atoms with van der Waals surface area (Å²) in [5.41, 5.74) is 2.06. The van der Waals surface area contributed by atoms with Crippen molar-refractivity contribution in [3.8, 4) is 11.8 Å². The molecule has 6 heteroatoms. The number of benzene rings is 2. The third kappa shape index (κ3) is 2.64. The predicted molar refractivity (Wildman–Crippen MR) is 85.6 cm³/mol. The van der Waals surface area contributed by atoms with Crippen LogP contribution in [0.25, 0.3) is 22.7 Å². The molecule has 0 fully saturated rings. The summed E-state index contributed by atoms with van der Waals surface area (Å²) in [5, 5.41) is 19.1. The molecule has 108 valence electrons. The van der Waals surface area contributed by atoms with Crippen molar-refractivity contribution in [1.82, 2.24) is 4.98 Å². The Labute approximate surface area is 135 Å². The minimum atomic E-state index is -0.194. The topological polar surface area (TPSA) is 70.0 Å². The Morgan fingerprint density at radius 2 is 1.91 bits per heavy atom. The number of nitriles is 1. The molecule has 3 rings (SSSR count). The number of fused-ring (bicyclic) bond motifs is 1. The van der Waals surface area contributed by atoms with Crippen LogP contribution in [0.1, 0.15) is 11.5 Å². The Kier molecular flexibility index (Phi) is 3.76. The van der Waals surface area contributed by atoms with Gasteiger partial charge in [0.2, 0.25) is 5.89 Å². The highest BCUT2D eigenvalue weighted by Crippen LogP contribution is 2.34. The van der Waals surface area contributed by atoms with E-state index in [1.165, 1.54) is 12.1 Å². The molecular formula is C16H8Cl2N2O2. The first kappa shape index (κ1) is 14.5. The van der Waals surface area contributed by atoms with Crippen molar-refractivity contribution in [2.24, 2.45) is 0 Å². The maximum Gasteiger partial charge on any atom is 0.238 e. The fraction of sp³-hybridized carbons (Fsp3) is 0. The van der Waals surface area contributed by atoms with Crippen molar-refractivity contribution in [1.29, 1.82) is 5.26 Å². The van der Waals surface area contributed by atoms with E-state index in [1.807, 2.05) is 18.2 Å². The number of aromatic nitrogens is 1. The highest BCUT2D eigenvalue weighted by Gasteiger charge is 2.12. The van der Waals surface area contributed by atoms with Gasteiger partial charge in [-0.2, -0.15) is 5.26 Å². The van der Waals surface area contributed by atoms with E-state index in [-0.39, 0.29) is 27.3 Å². The van der Waals surface area contributed by atoms with E-state index in [4.69, 9.17) is 27.6 Å². The van der Waals surface area contributed by atoms with Crippen LogP contribution in [0.4, 0.5) is 0 Å². The molecular weight excluding hydrogens is 323 g/mol. The quantitative estimate of drug-likeness (QED) is 0.678. The van der Waals surface area contributed by atoms with Gasteiger partial charge in [0.15, 0.2) is 11.3 Å². The predicted octanol–water partition coefficient (Wildman–Crippen LogP) is 4.90. The average molecular weight is 331 g/mol. The lowest BCUT2D eigenvalue weighted by Gasteiger charge is -2.02. The molecule has 0 saturated heterocycles. The lowest BCUT2D eigenvalue weighted by Crippen LogP contribution is -1.83. The van der Waals surface area contributed by atoms with Crippen LogP contribution in [0.15, 0.2) is 40.8 Å². The fourth-order valence-corrected chi connectivity index (χ4v) is 2.47. The number of hydrogen-bond acceptors (Lipinski definition) is 4. The van der Waals surface area contributed by atoms with Crippen LogP contribution in [-0.4, -0.2) is 10.1 Å². The summed E-state index contributed by atoms with van der Waals surface area (Å²) in [7, 11) is 0. The van der Waals surface area contributed by atoms with Crippen LogP contribution in [0.2, 0.25) is 10.0 Å². The first-order valence-electron chi connectivity index (χ1n) is 6.24. The Morgan fingerprint density at radius 3 is 2.55 bits per heavy atom. The molecule has 0 aliphatic rings. The summed E-state index contributed by atoms with van der Waals surface area (Å²) >= 11 is 11.7. The number of hydrogen-bond donors (Lipinski definition) is 1. The number of aromatic hydroxyl groups is 1. The van der Waals surface area contributed by atoms with Crippen LogP contribution >= 0.6 is 23.2 Å². The number of para-hydroxylation sites is 2. The molecule has 1 heterocycles. The molecule has 1 N–H and O–H groups in total. The molecule has 1 aromatic heterocycles. The maximum absolute atomic E-state index is 9.55. The fourth-order valence-electron chi connectivity index (χ4n) is 1.96. The van der Waals surface area contributed by atoms with Crippen molar-refractivity contribution in [3.05, 3.63) is 57.9 Å². The van der Waals surface area contributed by atoms with Gasteiger partial charge in [-0.1, -0.05) is 35.3 Å². The zero-order chi connectivity index (χ0) is 15.7. The molecule has 22 heavy (non-hydrogen) atoms. The second-order valence-corrected chi connectivity index (χ2v) is 5.30. The Morgan fingerprint density at radius 1 is 1.23 bits per heavy atom. The second kappa shape index (κ2) is 5.72. The number of rotatable bonds is 2. The van der Waals surface area contributed by atoms with Crippen molar-refractivity contribution >= 4 is 46.0 Å². The van der Waals surface area contributed by atoms with Gasteiger partial charge in [-0.15, -0.1) is 0 Å². The molecule has 3 aromatic rings. The lowest BCUT2D eigenvalue weighted by atomic mass is 10.1. The normalized spacial score (nSPS) is 11.6. The van der Waals surface area contributed by atoms with Crippen LogP contribution in [0, 0.1) is 11.3 Å². The van der Waals surface area contributed by atoms with Crippen molar-refractivity contribution < 1.29 is 9.52 Å². The molecule has 4 nitrogen and oxygen atoms in total. The molecule has 0 saturated carbocycles. The zero-order valence-corrected chi connectivity index (χ0v) is 12.6. The highest BCUT2D eigenvalue weighted by atomic mass is 35.5. The number of oxazole rings is 1. The van der Waals surface area contributed by atoms with Gasteiger partial charge >= 0.3 is 0 Å². The minimum absolute atomic E-state index is 0.105. The van der Waals surface area contributed by atoms with Gasteiger partial charge in [-0.3, -0.25) is 0 Å². The summed E-state index contributed by atoms with van der Waals surface area (Å²) in [6.07, 6.45) is 1.54. The number of phenolic OH excluding ortho intramolecular Hbond substituents is 1. The van der Waals surface area contributed by atoms with Gasteiger partial charge < -0.3 is 9.52 Å². The van der Waals surface area contributed by atoms with Crippen molar-refractivity contribution in [3.63, 3.8) is 0 Å². The van der Waals surface area contributed by atoms with Crippen LogP contribution < -0.4 is 0 Å². The largest absolute Gasteiger partial charge is 0.505 e. The third-order valence-corrected chi connectivity index (χ3v) is 3.57. The molecule has 0 radical (unpaired) electrons. The number of halogens is 2. The summed E-state index contributed by atoms with van der Waals surface area (Å²) in [4.78, 5) is 4.27. The molecule has 2 aromatic carbocycles. The van der Waals surface area contributed by atoms with Crippen LogP contribution in [0.3, 0.4) is 0 Å². The summed E-state index contributed by atoms with van der Waals surface area (Å²) in [5.74, 6) is 0.0184. The second-order valence-electron chi connectivity index (χ2n) is 4.49. The summed E-state index contributed by atoms with van der Waals surface area (Å²) < 4.78 is 5.56. The monoisotopic (exact) mass is 330 g/mol. The van der Waals surface area contributed by atoms with E-state index in [0.29, 0.717) is 16.7 Å². The van der Waals surface area contributed by atoms with E-state index in [2.05, 4.69) is 4.98 Å². The van der Waals surface area contributed by atoms with Crippen LogP contribution in [-0.2, 0) is 0 Å². The van der Waals surface area contributed by atoms with E-state index in [9.17, 15) is 10.4 Å². The van der Waals surface area contributed by atoms with Gasteiger partial charge in [0.25, 0.3) is 0 Å². The third-order valence-electron chi connectivity index (χ3n) is 2.99. The first-order chi connectivity index (χ1) is 10.6. The first-order valence-corrected chi connectivity index (χ1v) is 7.00. The Hall–Kier alpha value is -2.48. The van der Waals surface area contributed by atoms with Crippen LogP contribution in [0.5, 0.6) is 5.75 Å². The molecule has 0 unspecified atom stereocenters. The van der Waals surface area contributed by atoms with Gasteiger partial charge in [0.1, 0.15) is 17.2 Å². The standard InChI is InChI=1S/C16H8Cl2N2O2/c17-11-6-9(7-12(18)15(11)21)5-10(8-19)16-20-13-3-1-2-4-14(13)22-16/h1-7,21H/b10-5+. The zero-order valence-electron chi connectivity index (χ0n) is 11.0. The number of allylic oxidation sites excluding steroid dienone is 1.